The largest absolute Gasteiger partial charge is 0.481 e. The molecule has 0 fully saturated rings. The predicted molar refractivity (Wildman–Crippen MR) is 62.5 cm³/mol. The lowest BCUT2D eigenvalue weighted by Crippen LogP contribution is -2.13. The molecule has 0 saturated carbocycles. The number of aryl methyl sites for hydroxylation is 2. The molecule has 4 nitrogen and oxygen atoms in total. The van der Waals surface area contributed by atoms with Crippen LogP contribution in [0.3, 0.4) is 0 Å². The van der Waals surface area contributed by atoms with Crippen molar-refractivity contribution in [3.63, 3.8) is 0 Å². The summed E-state index contributed by atoms with van der Waals surface area (Å²) in [5, 5.41) is 8.88. The van der Waals surface area contributed by atoms with E-state index in [4.69, 9.17) is 5.11 Å². The maximum absolute atomic E-state index is 12.0. The van der Waals surface area contributed by atoms with Gasteiger partial charge in [-0.05, 0) is 25.5 Å². The quantitative estimate of drug-likeness (QED) is 0.787. The summed E-state index contributed by atoms with van der Waals surface area (Å²) in [6.07, 6.45) is -0.506. The number of aliphatic carboxylic acids is 1. The molecule has 1 unspecified atom stereocenters. The van der Waals surface area contributed by atoms with E-state index >= 15 is 0 Å². The van der Waals surface area contributed by atoms with Gasteiger partial charge >= 0.3 is 5.97 Å². The van der Waals surface area contributed by atoms with Gasteiger partial charge in [-0.25, -0.2) is 0 Å². The first-order valence-corrected chi connectivity index (χ1v) is 6.79. The third kappa shape index (κ3) is 3.19. The Kier molecular flexibility index (Phi) is 3.89. The lowest BCUT2D eigenvalue weighted by Gasteiger charge is -2.14. The summed E-state index contributed by atoms with van der Waals surface area (Å²) in [5.74, 6) is -1.06. The molecule has 0 aliphatic heterocycles. The monoisotopic (exact) mass is 242 g/mol. The molecule has 1 atom stereocenters. The zero-order chi connectivity index (χ0) is 12.3. The number of benzene rings is 1. The molecule has 0 spiro atoms. The minimum Gasteiger partial charge on any atom is -0.481 e. The first kappa shape index (κ1) is 12.9. The molecule has 2 N–H and O–H groups in total. The fraction of sp³-hybridized carbons (Fsp3) is 0.364. The molecular formula is C11H15O4P. The van der Waals surface area contributed by atoms with E-state index in [2.05, 4.69) is 0 Å². The van der Waals surface area contributed by atoms with E-state index < -0.39 is 13.3 Å². The third-order valence-electron chi connectivity index (χ3n) is 2.37. The van der Waals surface area contributed by atoms with Crippen molar-refractivity contribution < 1.29 is 19.4 Å². The Morgan fingerprint density at radius 2 is 2.00 bits per heavy atom. The molecule has 0 saturated heterocycles. The van der Waals surface area contributed by atoms with Crippen molar-refractivity contribution in [1.82, 2.24) is 0 Å². The fourth-order valence-corrected chi connectivity index (χ4v) is 3.23. The Bertz CT molecular complexity index is 453. The SMILES string of the molecule is Cc1ccc(C)c(P(=O)(O)CCC(=O)O)c1. The average Bonchev–Trinajstić information content (AvgIpc) is 2.19. The molecule has 88 valence electrons. The Morgan fingerprint density at radius 3 is 2.56 bits per heavy atom. The van der Waals surface area contributed by atoms with E-state index in [-0.39, 0.29) is 12.6 Å². The summed E-state index contributed by atoms with van der Waals surface area (Å²) in [4.78, 5) is 20.2. The lowest BCUT2D eigenvalue weighted by molar-refractivity contribution is -0.136. The normalized spacial score (nSPS) is 14.4. The van der Waals surface area contributed by atoms with Crippen LogP contribution in [0.5, 0.6) is 0 Å². The minimum atomic E-state index is -3.54. The van der Waals surface area contributed by atoms with E-state index in [1.54, 1.807) is 19.1 Å². The van der Waals surface area contributed by atoms with Crippen LogP contribution in [-0.4, -0.2) is 22.1 Å². The minimum absolute atomic E-state index is 0.216. The summed E-state index contributed by atoms with van der Waals surface area (Å²) < 4.78 is 12.0. The van der Waals surface area contributed by atoms with Crippen LogP contribution in [-0.2, 0) is 9.36 Å². The summed E-state index contributed by atoms with van der Waals surface area (Å²) >= 11 is 0. The lowest BCUT2D eigenvalue weighted by atomic mass is 10.2. The maximum atomic E-state index is 12.0. The van der Waals surface area contributed by atoms with Gasteiger partial charge in [-0.15, -0.1) is 0 Å². The van der Waals surface area contributed by atoms with E-state index in [1.165, 1.54) is 0 Å². The number of hydrogen-bond acceptors (Lipinski definition) is 2. The van der Waals surface area contributed by atoms with Crippen LogP contribution >= 0.6 is 7.37 Å². The van der Waals surface area contributed by atoms with Crippen LogP contribution in [0.15, 0.2) is 18.2 Å². The molecule has 0 aromatic heterocycles. The average molecular weight is 242 g/mol. The molecule has 5 heteroatoms. The fourth-order valence-electron chi connectivity index (χ4n) is 1.46. The van der Waals surface area contributed by atoms with Crippen LogP contribution in [0.1, 0.15) is 17.5 Å². The highest BCUT2D eigenvalue weighted by atomic mass is 31.2. The summed E-state index contributed by atoms with van der Waals surface area (Å²) in [6.45, 7) is 3.58. The molecule has 0 bridgehead atoms. The molecule has 1 aromatic rings. The zero-order valence-corrected chi connectivity index (χ0v) is 10.2. The highest BCUT2D eigenvalue weighted by Gasteiger charge is 2.24. The second-order valence-corrected chi connectivity index (χ2v) is 6.19. The third-order valence-corrected chi connectivity index (χ3v) is 4.43. The second-order valence-electron chi connectivity index (χ2n) is 3.86. The van der Waals surface area contributed by atoms with Gasteiger partial charge in [0.05, 0.1) is 6.42 Å². The predicted octanol–water partition coefficient (Wildman–Crippen LogP) is 1.67. The van der Waals surface area contributed by atoms with Gasteiger partial charge in [-0.1, -0.05) is 17.7 Å². The standard InChI is InChI=1S/C11H15O4P/c1-8-3-4-9(2)10(7-8)16(14,15)6-5-11(12)13/h3-4,7H,5-6H2,1-2H3,(H,12,13)(H,14,15). The Morgan fingerprint density at radius 1 is 1.38 bits per heavy atom. The van der Waals surface area contributed by atoms with Gasteiger partial charge in [-0.3, -0.25) is 9.36 Å². The molecular weight excluding hydrogens is 227 g/mol. The molecule has 1 aromatic carbocycles. The van der Waals surface area contributed by atoms with Crippen molar-refractivity contribution in [3.05, 3.63) is 29.3 Å². The topological polar surface area (TPSA) is 74.6 Å². The Balaban J connectivity index is 3.01. The molecule has 0 aliphatic carbocycles. The van der Waals surface area contributed by atoms with Crippen molar-refractivity contribution in [2.75, 3.05) is 6.16 Å². The molecule has 0 radical (unpaired) electrons. The van der Waals surface area contributed by atoms with Crippen LogP contribution in [0, 0.1) is 13.8 Å². The molecule has 0 amide bonds. The first-order valence-electron chi connectivity index (χ1n) is 4.94. The molecule has 0 aliphatic rings. The van der Waals surface area contributed by atoms with Crippen LogP contribution < -0.4 is 5.30 Å². The van der Waals surface area contributed by atoms with E-state index in [1.807, 2.05) is 13.0 Å². The van der Waals surface area contributed by atoms with Gasteiger partial charge < -0.3 is 10.00 Å². The van der Waals surface area contributed by atoms with Gasteiger partial charge in [0.2, 0.25) is 7.37 Å². The number of rotatable bonds is 4. The second kappa shape index (κ2) is 4.81. The van der Waals surface area contributed by atoms with E-state index in [9.17, 15) is 14.3 Å². The van der Waals surface area contributed by atoms with E-state index in [0.717, 1.165) is 11.1 Å². The Labute approximate surface area is 94.4 Å². The molecule has 16 heavy (non-hydrogen) atoms. The van der Waals surface area contributed by atoms with Crippen molar-refractivity contribution >= 4 is 18.6 Å². The zero-order valence-electron chi connectivity index (χ0n) is 9.30. The van der Waals surface area contributed by atoms with E-state index in [0.29, 0.717) is 5.30 Å². The van der Waals surface area contributed by atoms with Crippen LogP contribution in [0.2, 0.25) is 0 Å². The van der Waals surface area contributed by atoms with Gasteiger partial charge in [0.25, 0.3) is 0 Å². The number of carboxylic acids is 1. The summed E-state index contributed by atoms with van der Waals surface area (Å²) in [6, 6.07) is 5.28. The number of hydrogen-bond donors (Lipinski definition) is 2. The van der Waals surface area contributed by atoms with Gasteiger partial charge in [0.15, 0.2) is 0 Å². The first-order chi connectivity index (χ1) is 7.33. The summed E-state index contributed by atoms with van der Waals surface area (Å²) in [5.41, 5.74) is 1.62. The van der Waals surface area contributed by atoms with Crippen LogP contribution in [0.4, 0.5) is 0 Å². The smallest absolute Gasteiger partial charge is 0.303 e. The number of carboxylic acid groups (broad SMARTS) is 1. The van der Waals surface area contributed by atoms with Crippen molar-refractivity contribution in [2.24, 2.45) is 0 Å². The Hall–Kier alpha value is -1.12. The highest BCUT2D eigenvalue weighted by Crippen LogP contribution is 2.41. The van der Waals surface area contributed by atoms with Gasteiger partial charge in [-0.2, -0.15) is 0 Å². The van der Waals surface area contributed by atoms with Crippen LogP contribution in [0.25, 0.3) is 0 Å². The number of carbonyl (C=O) groups is 1. The molecule has 0 heterocycles. The maximum Gasteiger partial charge on any atom is 0.303 e. The summed E-state index contributed by atoms with van der Waals surface area (Å²) in [7, 11) is -3.54. The molecule has 1 rings (SSSR count). The van der Waals surface area contributed by atoms with Crippen molar-refractivity contribution in [3.8, 4) is 0 Å². The van der Waals surface area contributed by atoms with Gasteiger partial charge in [0, 0.05) is 11.5 Å². The van der Waals surface area contributed by atoms with Crippen molar-refractivity contribution in [2.45, 2.75) is 20.3 Å². The van der Waals surface area contributed by atoms with Crippen molar-refractivity contribution in [1.29, 1.82) is 0 Å². The highest BCUT2D eigenvalue weighted by molar-refractivity contribution is 7.66. The van der Waals surface area contributed by atoms with Gasteiger partial charge in [0.1, 0.15) is 0 Å².